The van der Waals surface area contributed by atoms with Gasteiger partial charge in [-0.25, -0.2) is 9.37 Å². The highest BCUT2D eigenvalue weighted by atomic mass is 19.1. The van der Waals surface area contributed by atoms with E-state index in [1.165, 1.54) is 12.1 Å². The number of para-hydroxylation sites is 1. The number of aryl methyl sites for hydroxylation is 1. The van der Waals surface area contributed by atoms with Crippen molar-refractivity contribution in [2.45, 2.75) is 6.92 Å². The van der Waals surface area contributed by atoms with Gasteiger partial charge in [-0.2, -0.15) is 0 Å². The van der Waals surface area contributed by atoms with Crippen molar-refractivity contribution in [3.05, 3.63) is 47.8 Å². The van der Waals surface area contributed by atoms with E-state index in [0.717, 1.165) is 11.1 Å². The van der Waals surface area contributed by atoms with Crippen molar-refractivity contribution in [3.8, 4) is 11.4 Å². The van der Waals surface area contributed by atoms with Crippen molar-refractivity contribution in [3.63, 3.8) is 0 Å². The normalized spacial score (nSPS) is 10.9. The first-order chi connectivity index (χ1) is 9.60. The molecule has 0 aliphatic carbocycles. The topological polar surface area (TPSA) is 53.1 Å². The summed E-state index contributed by atoms with van der Waals surface area (Å²) in [4.78, 5) is 4.31. The van der Waals surface area contributed by atoms with E-state index in [9.17, 15) is 4.39 Å². The average molecular weight is 271 g/mol. The fourth-order valence-electron chi connectivity index (χ4n) is 2.37. The summed E-state index contributed by atoms with van der Waals surface area (Å²) in [7, 11) is 1.58. The van der Waals surface area contributed by atoms with E-state index >= 15 is 0 Å². The maximum absolute atomic E-state index is 13.6. The van der Waals surface area contributed by atoms with Crippen molar-refractivity contribution in [2.75, 3.05) is 12.8 Å². The molecule has 102 valence electrons. The van der Waals surface area contributed by atoms with Crippen LogP contribution in [0.3, 0.4) is 0 Å². The Kier molecular flexibility index (Phi) is 2.82. The number of anilines is 1. The van der Waals surface area contributed by atoms with Gasteiger partial charge in [0.15, 0.2) is 0 Å². The first-order valence-electron chi connectivity index (χ1n) is 6.18. The molecule has 2 aromatic carbocycles. The van der Waals surface area contributed by atoms with Crippen LogP contribution in [-0.4, -0.2) is 16.7 Å². The lowest BCUT2D eigenvalue weighted by Gasteiger charge is -2.08. The molecule has 0 radical (unpaired) electrons. The third-order valence-electron chi connectivity index (χ3n) is 3.18. The highest BCUT2D eigenvalue weighted by Crippen LogP contribution is 2.29. The van der Waals surface area contributed by atoms with Crippen molar-refractivity contribution < 1.29 is 9.13 Å². The standard InChI is InChI=1S/C15H14FN3O/c1-9-6-10(16)8-11(7-9)19-12-4-3-5-13(20-2)14(12)18-15(19)17/h3-8H,1-2H3,(H2,17,18). The number of hydrogen-bond acceptors (Lipinski definition) is 3. The number of nitrogen functional groups attached to an aromatic ring is 1. The fourth-order valence-corrected chi connectivity index (χ4v) is 2.37. The molecule has 0 fully saturated rings. The Balaban J connectivity index is 2.33. The van der Waals surface area contributed by atoms with Crippen LogP contribution >= 0.6 is 0 Å². The molecular weight excluding hydrogens is 257 g/mol. The summed E-state index contributed by atoms with van der Waals surface area (Å²) >= 11 is 0. The number of rotatable bonds is 2. The second-order valence-corrected chi connectivity index (χ2v) is 4.62. The van der Waals surface area contributed by atoms with E-state index in [1.807, 2.05) is 31.2 Å². The summed E-state index contributed by atoms with van der Waals surface area (Å²) in [6.45, 7) is 1.84. The first-order valence-corrected chi connectivity index (χ1v) is 6.18. The molecule has 2 N–H and O–H groups in total. The van der Waals surface area contributed by atoms with Crippen molar-refractivity contribution >= 4 is 17.0 Å². The molecule has 3 aromatic rings. The Morgan fingerprint density at radius 3 is 2.75 bits per heavy atom. The Bertz CT molecular complexity index is 775. The largest absolute Gasteiger partial charge is 0.494 e. The summed E-state index contributed by atoms with van der Waals surface area (Å²) in [6, 6.07) is 10.3. The zero-order valence-electron chi connectivity index (χ0n) is 11.2. The van der Waals surface area contributed by atoms with Crippen LogP contribution in [0.15, 0.2) is 36.4 Å². The van der Waals surface area contributed by atoms with Crippen LogP contribution in [0, 0.1) is 12.7 Å². The lowest BCUT2D eigenvalue weighted by Crippen LogP contribution is -2.01. The molecule has 0 spiro atoms. The van der Waals surface area contributed by atoms with Crippen LogP contribution in [0.25, 0.3) is 16.7 Å². The number of hydrogen-bond donors (Lipinski definition) is 1. The molecule has 0 atom stereocenters. The number of aromatic nitrogens is 2. The van der Waals surface area contributed by atoms with Crippen LogP contribution in [0.4, 0.5) is 10.3 Å². The number of ether oxygens (including phenoxy) is 1. The fraction of sp³-hybridized carbons (Fsp3) is 0.133. The third-order valence-corrected chi connectivity index (χ3v) is 3.18. The SMILES string of the molecule is COc1cccc2c1nc(N)n2-c1cc(C)cc(F)c1. The maximum atomic E-state index is 13.6. The molecule has 0 aliphatic rings. The van der Waals surface area contributed by atoms with Gasteiger partial charge in [-0.15, -0.1) is 0 Å². The van der Waals surface area contributed by atoms with Crippen LogP contribution in [0.2, 0.25) is 0 Å². The van der Waals surface area contributed by atoms with Gasteiger partial charge in [0.05, 0.1) is 18.3 Å². The molecule has 3 rings (SSSR count). The van der Waals surface area contributed by atoms with Gasteiger partial charge >= 0.3 is 0 Å². The smallest absolute Gasteiger partial charge is 0.206 e. The molecule has 0 unspecified atom stereocenters. The van der Waals surface area contributed by atoms with Crippen LogP contribution in [0.5, 0.6) is 5.75 Å². The summed E-state index contributed by atoms with van der Waals surface area (Å²) in [5, 5.41) is 0. The number of nitrogens with two attached hydrogens (primary N) is 1. The van der Waals surface area contributed by atoms with Gasteiger partial charge < -0.3 is 10.5 Å². The summed E-state index contributed by atoms with van der Waals surface area (Å²) in [5.41, 5.74) is 8.90. The summed E-state index contributed by atoms with van der Waals surface area (Å²) in [5.74, 6) is 0.639. The van der Waals surface area contributed by atoms with Crippen LogP contribution in [0.1, 0.15) is 5.56 Å². The second kappa shape index (κ2) is 4.52. The highest BCUT2D eigenvalue weighted by molar-refractivity contribution is 5.86. The predicted molar refractivity (Wildman–Crippen MR) is 76.7 cm³/mol. The van der Waals surface area contributed by atoms with Crippen molar-refractivity contribution in [1.82, 2.24) is 9.55 Å². The first kappa shape index (κ1) is 12.5. The molecule has 1 heterocycles. The third kappa shape index (κ3) is 1.87. The minimum absolute atomic E-state index is 0.300. The lowest BCUT2D eigenvalue weighted by molar-refractivity contribution is 0.419. The van der Waals surface area contributed by atoms with E-state index < -0.39 is 0 Å². The summed E-state index contributed by atoms with van der Waals surface area (Å²) < 4.78 is 20.6. The second-order valence-electron chi connectivity index (χ2n) is 4.62. The number of halogens is 1. The van der Waals surface area contributed by atoms with Gasteiger partial charge in [-0.1, -0.05) is 6.07 Å². The zero-order chi connectivity index (χ0) is 14.3. The number of methoxy groups -OCH3 is 1. The Labute approximate surface area is 115 Å². The van der Waals surface area contributed by atoms with Crippen molar-refractivity contribution in [1.29, 1.82) is 0 Å². The average Bonchev–Trinajstić information content (AvgIpc) is 2.73. The summed E-state index contributed by atoms with van der Waals surface area (Å²) in [6.07, 6.45) is 0. The molecule has 0 saturated carbocycles. The minimum Gasteiger partial charge on any atom is -0.494 e. The minimum atomic E-state index is -0.302. The quantitative estimate of drug-likeness (QED) is 0.779. The van der Waals surface area contributed by atoms with E-state index in [0.29, 0.717) is 22.9 Å². The van der Waals surface area contributed by atoms with Gasteiger partial charge in [0.1, 0.15) is 17.1 Å². The zero-order valence-corrected chi connectivity index (χ0v) is 11.2. The molecule has 1 aromatic heterocycles. The molecule has 4 nitrogen and oxygen atoms in total. The van der Waals surface area contributed by atoms with Crippen LogP contribution < -0.4 is 10.5 Å². The van der Waals surface area contributed by atoms with Gasteiger partial charge in [0, 0.05) is 0 Å². The van der Waals surface area contributed by atoms with E-state index in [1.54, 1.807) is 11.7 Å². The van der Waals surface area contributed by atoms with Gasteiger partial charge in [-0.3, -0.25) is 4.57 Å². The van der Waals surface area contributed by atoms with Crippen molar-refractivity contribution in [2.24, 2.45) is 0 Å². The van der Waals surface area contributed by atoms with E-state index in [-0.39, 0.29) is 5.82 Å². The number of nitrogens with zero attached hydrogens (tertiary/aromatic N) is 2. The molecule has 0 aliphatic heterocycles. The Morgan fingerprint density at radius 1 is 1.25 bits per heavy atom. The van der Waals surface area contributed by atoms with Gasteiger partial charge in [0.2, 0.25) is 5.95 Å². The number of fused-ring (bicyclic) bond motifs is 1. The number of benzene rings is 2. The van der Waals surface area contributed by atoms with Gasteiger partial charge in [0.25, 0.3) is 0 Å². The molecule has 0 bridgehead atoms. The molecule has 0 amide bonds. The van der Waals surface area contributed by atoms with Crippen LogP contribution in [-0.2, 0) is 0 Å². The number of imidazole rings is 1. The predicted octanol–water partition coefficient (Wildman–Crippen LogP) is 3.06. The van der Waals surface area contributed by atoms with Gasteiger partial charge in [-0.05, 0) is 42.8 Å². The monoisotopic (exact) mass is 271 g/mol. The highest BCUT2D eigenvalue weighted by Gasteiger charge is 2.14. The molecule has 5 heteroatoms. The molecule has 0 saturated heterocycles. The molecule has 20 heavy (non-hydrogen) atoms. The maximum Gasteiger partial charge on any atom is 0.206 e. The Hall–Kier alpha value is -2.56. The lowest BCUT2D eigenvalue weighted by atomic mass is 10.2. The Morgan fingerprint density at radius 2 is 2.05 bits per heavy atom. The molecular formula is C15H14FN3O. The van der Waals surface area contributed by atoms with E-state index in [4.69, 9.17) is 10.5 Å². The van der Waals surface area contributed by atoms with E-state index in [2.05, 4.69) is 4.98 Å².